The van der Waals surface area contributed by atoms with Gasteiger partial charge in [0.1, 0.15) is 6.10 Å². The molecule has 0 aromatic heterocycles. The Morgan fingerprint density at radius 1 is 1.12 bits per heavy atom. The van der Waals surface area contributed by atoms with Crippen molar-refractivity contribution >= 4 is 11.9 Å². The van der Waals surface area contributed by atoms with Crippen LogP contribution in [-0.2, 0) is 23.8 Å². The van der Waals surface area contributed by atoms with E-state index in [-0.39, 0.29) is 48.1 Å². The fourth-order valence-corrected chi connectivity index (χ4v) is 5.66. The second-order valence-electron chi connectivity index (χ2n) is 8.36. The minimum absolute atomic E-state index is 0.0129. The first kappa shape index (κ1) is 17.3. The molecule has 0 amide bonds. The average molecular weight is 351 g/mol. The zero-order valence-corrected chi connectivity index (χ0v) is 15.4. The first-order chi connectivity index (χ1) is 12.0. The van der Waals surface area contributed by atoms with Gasteiger partial charge in [0, 0.05) is 19.6 Å². The van der Waals surface area contributed by atoms with Gasteiger partial charge in [-0.2, -0.15) is 0 Å². The van der Waals surface area contributed by atoms with Crippen molar-refractivity contribution < 1.29 is 23.8 Å². The maximum Gasteiger partial charge on any atom is 0.309 e. The fourth-order valence-electron chi connectivity index (χ4n) is 5.66. The molecule has 25 heavy (non-hydrogen) atoms. The summed E-state index contributed by atoms with van der Waals surface area (Å²) in [4.78, 5) is 26.6. The van der Waals surface area contributed by atoms with Crippen LogP contribution in [0.2, 0.25) is 0 Å². The maximum atomic E-state index is 12.3. The van der Waals surface area contributed by atoms with Gasteiger partial charge in [-0.25, -0.2) is 0 Å². The molecule has 0 saturated carbocycles. The molecule has 4 saturated heterocycles. The van der Waals surface area contributed by atoms with Crippen LogP contribution in [0.4, 0.5) is 0 Å². The predicted molar refractivity (Wildman–Crippen MR) is 89.8 cm³/mol. The van der Waals surface area contributed by atoms with Crippen LogP contribution in [0.25, 0.3) is 0 Å². The molecule has 1 spiro atoms. The van der Waals surface area contributed by atoms with E-state index in [0.717, 1.165) is 45.1 Å². The Morgan fingerprint density at radius 2 is 1.92 bits per heavy atom. The average Bonchev–Trinajstić information content (AvgIpc) is 3.19. The molecule has 0 N–H and O–H groups in total. The molecule has 4 fully saturated rings. The number of carbonyl (C=O) groups is 2. The molecule has 7 atom stereocenters. The van der Waals surface area contributed by atoms with E-state index in [1.165, 1.54) is 0 Å². The van der Waals surface area contributed by atoms with Gasteiger partial charge in [-0.15, -0.1) is 0 Å². The van der Waals surface area contributed by atoms with E-state index < -0.39 is 5.60 Å². The Labute approximate surface area is 149 Å². The molecule has 0 radical (unpaired) electrons. The number of fused-ring (bicyclic) bond motifs is 2. The molecule has 6 nitrogen and oxygen atoms in total. The summed E-state index contributed by atoms with van der Waals surface area (Å²) in [6.07, 6.45) is 5.29. The number of hydrogen-bond donors (Lipinski definition) is 0. The molecule has 140 valence electrons. The molecule has 0 aliphatic carbocycles. The lowest BCUT2D eigenvalue weighted by Crippen LogP contribution is -2.57. The summed E-state index contributed by atoms with van der Waals surface area (Å²) in [5, 5.41) is 0. The zero-order chi connectivity index (χ0) is 17.8. The highest BCUT2D eigenvalue weighted by molar-refractivity contribution is 5.75. The van der Waals surface area contributed by atoms with Crippen LogP contribution in [0.5, 0.6) is 0 Å². The van der Waals surface area contributed by atoms with Gasteiger partial charge in [0.2, 0.25) is 0 Å². The van der Waals surface area contributed by atoms with Crippen molar-refractivity contribution in [2.45, 2.75) is 82.3 Å². The molecule has 6 heteroatoms. The van der Waals surface area contributed by atoms with E-state index in [1.54, 1.807) is 7.11 Å². The second kappa shape index (κ2) is 6.23. The Morgan fingerprint density at radius 3 is 2.52 bits per heavy atom. The number of methoxy groups -OCH3 is 1. The summed E-state index contributed by atoms with van der Waals surface area (Å²) in [6, 6.07) is 0.398. The SMILES string of the molecule is CO[C@@H]1CCCN2[C@@H](CC[C@H]2[C@@H]2C[C@H](C)C(=O)O2)[C@@]12CC(C)C(=O)O2. The normalized spacial score (nSPS) is 47.6. The van der Waals surface area contributed by atoms with Crippen molar-refractivity contribution in [1.82, 2.24) is 4.90 Å². The van der Waals surface area contributed by atoms with E-state index in [0.29, 0.717) is 0 Å². The van der Waals surface area contributed by atoms with Gasteiger partial charge in [-0.05, 0) is 38.6 Å². The van der Waals surface area contributed by atoms with Crippen molar-refractivity contribution in [3.8, 4) is 0 Å². The molecule has 4 heterocycles. The summed E-state index contributed by atoms with van der Waals surface area (Å²) in [6.45, 7) is 4.84. The second-order valence-corrected chi connectivity index (χ2v) is 8.36. The van der Waals surface area contributed by atoms with Crippen LogP contribution in [0.1, 0.15) is 52.4 Å². The minimum Gasteiger partial charge on any atom is -0.460 e. The monoisotopic (exact) mass is 351 g/mol. The highest BCUT2D eigenvalue weighted by atomic mass is 16.6. The van der Waals surface area contributed by atoms with Crippen molar-refractivity contribution in [1.29, 1.82) is 0 Å². The third-order valence-corrected chi connectivity index (χ3v) is 6.84. The summed E-state index contributed by atoms with van der Waals surface area (Å²) in [5.41, 5.74) is -0.551. The van der Waals surface area contributed by atoms with E-state index in [9.17, 15) is 9.59 Å². The molecule has 1 unspecified atom stereocenters. The number of nitrogens with zero attached hydrogens (tertiary/aromatic N) is 1. The fraction of sp³-hybridized carbons (Fsp3) is 0.895. The van der Waals surface area contributed by atoms with E-state index >= 15 is 0 Å². The number of hydrogen-bond acceptors (Lipinski definition) is 6. The Kier molecular flexibility index (Phi) is 4.31. The zero-order valence-electron chi connectivity index (χ0n) is 15.4. The summed E-state index contributed by atoms with van der Waals surface area (Å²) >= 11 is 0. The minimum atomic E-state index is -0.551. The molecule has 4 rings (SSSR count). The van der Waals surface area contributed by atoms with Gasteiger partial charge in [0.05, 0.1) is 24.0 Å². The van der Waals surface area contributed by atoms with Crippen molar-refractivity contribution in [2.75, 3.05) is 13.7 Å². The highest BCUT2D eigenvalue weighted by Crippen LogP contribution is 2.48. The number of ether oxygens (including phenoxy) is 3. The quantitative estimate of drug-likeness (QED) is 0.708. The standard InChI is InChI=1S/C19H29NO5/c1-11-9-14(24-17(11)21)13-6-7-15-19(10-12(2)18(22)25-19)16(23-3)5-4-8-20(13)15/h11-16H,4-10H2,1-3H3/t11-,12?,13-,14-,15-,16+,19-/m0/s1. The lowest BCUT2D eigenvalue weighted by Gasteiger charge is -2.42. The van der Waals surface area contributed by atoms with Gasteiger partial charge in [0.15, 0.2) is 5.60 Å². The van der Waals surface area contributed by atoms with Crippen LogP contribution < -0.4 is 0 Å². The van der Waals surface area contributed by atoms with Gasteiger partial charge in [0.25, 0.3) is 0 Å². The Hall–Kier alpha value is -1.14. The molecular weight excluding hydrogens is 322 g/mol. The number of cyclic esters (lactones) is 1. The largest absolute Gasteiger partial charge is 0.460 e. The topological polar surface area (TPSA) is 65.1 Å². The molecule has 4 aliphatic rings. The first-order valence-corrected chi connectivity index (χ1v) is 9.68. The molecule has 0 bridgehead atoms. The maximum absolute atomic E-state index is 12.3. The van der Waals surface area contributed by atoms with Crippen LogP contribution in [0.3, 0.4) is 0 Å². The van der Waals surface area contributed by atoms with Gasteiger partial charge >= 0.3 is 11.9 Å². The van der Waals surface area contributed by atoms with Crippen LogP contribution in [0, 0.1) is 11.8 Å². The number of esters is 2. The van der Waals surface area contributed by atoms with E-state index in [1.807, 2.05) is 13.8 Å². The van der Waals surface area contributed by atoms with Gasteiger partial charge < -0.3 is 14.2 Å². The van der Waals surface area contributed by atoms with Crippen molar-refractivity contribution in [3.05, 3.63) is 0 Å². The lowest BCUT2D eigenvalue weighted by molar-refractivity contribution is -0.172. The van der Waals surface area contributed by atoms with Crippen molar-refractivity contribution in [2.24, 2.45) is 11.8 Å². The molecule has 0 aromatic carbocycles. The summed E-state index contributed by atoms with van der Waals surface area (Å²) in [7, 11) is 1.73. The third-order valence-electron chi connectivity index (χ3n) is 6.84. The lowest BCUT2D eigenvalue weighted by atomic mass is 9.81. The number of carbonyl (C=O) groups excluding carboxylic acids is 2. The van der Waals surface area contributed by atoms with E-state index in [2.05, 4.69) is 4.90 Å². The summed E-state index contributed by atoms with van der Waals surface area (Å²) in [5.74, 6) is -0.274. The molecule has 4 aliphatic heterocycles. The summed E-state index contributed by atoms with van der Waals surface area (Å²) < 4.78 is 17.5. The van der Waals surface area contributed by atoms with Crippen LogP contribution in [-0.4, -0.2) is 60.4 Å². The molecular formula is C19H29NO5. The van der Waals surface area contributed by atoms with Crippen molar-refractivity contribution in [3.63, 3.8) is 0 Å². The predicted octanol–water partition coefficient (Wildman–Crippen LogP) is 1.90. The smallest absolute Gasteiger partial charge is 0.309 e. The first-order valence-electron chi connectivity index (χ1n) is 9.68. The molecule has 0 aromatic rings. The number of rotatable bonds is 2. The Balaban J connectivity index is 1.62. The Bertz CT molecular complexity index is 566. The van der Waals surface area contributed by atoms with Gasteiger partial charge in [-0.1, -0.05) is 13.8 Å². The van der Waals surface area contributed by atoms with Gasteiger partial charge in [-0.3, -0.25) is 14.5 Å². The van der Waals surface area contributed by atoms with E-state index in [4.69, 9.17) is 14.2 Å². The van der Waals surface area contributed by atoms with Crippen LogP contribution >= 0.6 is 0 Å². The third kappa shape index (κ3) is 2.60. The highest BCUT2D eigenvalue weighted by Gasteiger charge is 2.61. The van der Waals surface area contributed by atoms with Crippen LogP contribution in [0.15, 0.2) is 0 Å².